The Bertz CT molecular complexity index is 569. The molecule has 106 valence electrons. The molecule has 2 rings (SSSR count). The Labute approximate surface area is 119 Å². The number of hydrogen-bond donors (Lipinski definition) is 0. The summed E-state index contributed by atoms with van der Waals surface area (Å²) < 4.78 is 42.3. The molecular weight excluding hydrogens is 287 g/mol. The number of hydrogen-bond acceptors (Lipinski definition) is 3. The number of alkyl halides is 3. The van der Waals surface area contributed by atoms with Crippen LogP contribution in [0, 0.1) is 0 Å². The maximum atomic E-state index is 12.4. The van der Waals surface area contributed by atoms with Gasteiger partial charge < -0.3 is 4.74 Å². The molecule has 1 heterocycles. The Balaban J connectivity index is 2.00. The van der Waals surface area contributed by atoms with Crippen molar-refractivity contribution in [2.75, 3.05) is 7.11 Å². The molecule has 6 heteroatoms. The third-order valence-electron chi connectivity index (χ3n) is 2.58. The van der Waals surface area contributed by atoms with Gasteiger partial charge in [-0.2, -0.15) is 13.2 Å². The highest BCUT2D eigenvalue weighted by atomic mass is 32.2. The van der Waals surface area contributed by atoms with Crippen LogP contribution in [0.5, 0.6) is 5.75 Å². The highest BCUT2D eigenvalue weighted by Crippen LogP contribution is 2.30. The number of ether oxygens (including phenoxy) is 1. The first-order chi connectivity index (χ1) is 9.49. The normalized spacial score (nSPS) is 11.4. The summed E-state index contributed by atoms with van der Waals surface area (Å²) >= 11 is 1.38. The summed E-state index contributed by atoms with van der Waals surface area (Å²) in [5, 5.41) is 0.556. The molecular formula is C14H12F3NOS. The lowest BCUT2D eigenvalue weighted by atomic mass is 10.2. The average molecular weight is 299 g/mol. The molecule has 0 N–H and O–H groups in total. The van der Waals surface area contributed by atoms with Gasteiger partial charge in [-0.15, -0.1) is 11.8 Å². The molecule has 0 bridgehead atoms. The second-order valence-electron chi connectivity index (χ2n) is 4.02. The molecule has 0 saturated heterocycles. The van der Waals surface area contributed by atoms with Crippen molar-refractivity contribution in [1.82, 2.24) is 4.98 Å². The van der Waals surface area contributed by atoms with Crippen molar-refractivity contribution in [3.8, 4) is 5.75 Å². The highest BCUT2D eigenvalue weighted by Gasteiger charge is 2.30. The van der Waals surface area contributed by atoms with E-state index in [1.807, 2.05) is 24.3 Å². The first-order valence-corrected chi connectivity index (χ1v) is 6.76. The molecule has 0 aliphatic carbocycles. The quantitative estimate of drug-likeness (QED) is 0.781. The van der Waals surface area contributed by atoms with Crippen LogP contribution in [-0.2, 0) is 11.9 Å². The minimum Gasteiger partial charge on any atom is -0.497 e. The fourth-order valence-electron chi connectivity index (χ4n) is 1.55. The summed E-state index contributed by atoms with van der Waals surface area (Å²) in [4.78, 5) is 3.81. The van der Waals surface area contributed by atoms with Crippen LogP contribution in [0.25, 0.3) is 0 Å². The molecule has 0 aliphatic rings. The molecule has 0 amide bonds. The second kappa shape index (κ2) is 6.17. The lowest BCUT2D eigenvalue weighted by Gasteiger charge is -2.07. The van der Waals surface area contributed by atoms with E-state index in [0.29, 0.717) is 10.8 Å². The predicted molar refractivity (Wildman–Crippen MR) is 71.8 cm³/mol. The van der Waals surface area contributed by atoms with E-state index in [4.69, 9.17) is 4.74 Å². The smallest absolute Gasteiger partial charge is 0.417 e. The van der Waals surface area contributed by atoms with E-state index in [0.717, 1.165) is 23.6 Å². The van der Waals surface area contributed by atoms with Crippen LogP contribution in [0.2, 0.25) is 0 Å². The molecule has 0 unspecified atom stereocenters. The number of aromatic nitrogens is 1. The standard InChI is InChI=1S/C14H12F3NOS/c1-19-12-4-2-3-10(7-12)9-20-13-6-5-11(8-18-13)14(15,16)17/h2-8H,9H2,1H3. The Morgan fingerprint density at radius 2 is 2.00 bits per heavy atom. The molecule has 20 heavy (non-hydrogen) atoms. The average Bonchev–Trinajstić information content (AvgIpc) is 2.45. The predicted octanol–water partition coefficient (Wildman–Crippen LogP) is 4.40. The van der Waals surface area contributed by atoms with Gasteiger partial charge in [0.2, 0.25) is 0 Å². The van der Waals surface area contributed by atoms with Crippen LogP contribution in [0.3, 0.4) is 0 Å². The summed E-state index contributed by atoms with van der Waals surface area (Å²) in [6.45, 7) is 0. The van der Waals surface area contributed by atoms with E-state index in [1.165, 1.54) is 17.8 Å². The Hall–Kier alpha value is -1.69. The van der Waals surface area contributed by atoms with Crippen molar-refractivity contribution < 1.29 is 17.9 Å². The fraction of sp³-hybridized carbons (Fsp3) is 0.214. The van der Waals surface area contributed by atoms with Gasteiger partial charge in [-0.05, 0) is 29.8 Å². The monoisotopic (exact) mass is 299 g/mol. The van der Waals surface area contributed by atoms with E-state index < -0.39 is 11.7 Å². The summed E-state index contributed by atoms with van der Waals surface area (Å²) in [6, 6.07) is 9.95. The first kappa shape index (κ1) is 14.7. The number of halogens is 3. The van der Waals surface area contributed by atoms with Crippen LogP contribution in [0.15, 0.2) is 47.6 Å². The second-order valence-corrected chi connectivity index (χ2v) is 5.02. The molecule has 0 aliphatic heterocycles. The largest absolute Gasteiger partial charge is 0.497 e. The molecule has 1 aromatic carbocycles. The number of pyridine rings is 1. The van der Waals surface area contributed by atoms with Crippen molar-refractivity contribution in [1.29, 1.82) is 0 Å². The van der Waals surface area contributed by atoms with E-state index in [9.17, 15) is 13.2 Å². The van der Waals surface area contributed by atoms with E-state index >= 15 is 0 Å². The van der Waals surface area contributed by atoms with Crippen molar-refractivity contribution >= 4 is 11.8 Å². The van der Waals surface area contributed by atoms with Crippen LogP contribution in [0.4, 0.5) is 13.2 Å². The van der Waals surface area contributed by atoms with Gasteiger partial charge in [-0.3, -0.25) is 0 Å². The zero-order valence-electron chi connectivity index (χ0n) is 10.6. The topological polar surface area (TPSA) is 22.1 Å². The first-order valence-electron chi connectivity index (χ1n) is 5.78. The van der Waals surface area contributed by atoms with E-state index in [2.05, 4.69) is 4.98 Å². The zero-order valence-corrected chi connectivity index (χ0v) is 11.5. The lowest BCUT2D eigenvalue weighted by Crippen LogP contribution is -2.05. The molecule has 0 spiro atoms. The lowest BCUT2D eigenvalue weighted by molar-refractivity contribution is -0.137. The zero-order chi connectivity index (χ0) is 14.6. The van der Waals surface area contributed by atoms with Gasteiger partial charge in [0.05, 0.1) is 17.7 Å². The minimum atomic E-state index is -4.34. The van der Waals surface area contributed by atoms with Gasteiger partial charge in [-0.25, -0.2) is 4.98 Å². The minimum absolute atomic E-state index is 0.556. The molecule has 0 saturated carbocycles. The van der Waals surface area contributed by atoms with Gasteiger partial charge in [0, 0.05) is 11.9 Å². The van der Waals surface area contributed by atoms with Crippen molar-refractivity contribution in [2.45, 2.75) is 17.0 Å². The fourth-order valence-corrected chi connectivity index (χ4v) is 2.34. The summed E-state index contributed by atoms with van der Waals surface area (Å²) in [7, 11) is 1.59. The van der Waals surface area contributed by atoms with Crippen LogP contribution in [0.1, 0.15) is 11.1 Å². The maximum absolute atomic E-state index is 12.4. The molecule has 2 aromatic rings. The molecule has 0 radical (unpaired) electrons. The number of methoxy groups -OCH3 is 1. The van der Waals surface area contributed by atoms with Crippen molar-refractivity contribution in [2.24, 2.45) is 0 Å². The Kier molecular flexibility index (Phi) is 4.54. The SMILES string of the molecule is COc1cccc(CSc2ccc(C(F)(F)F)cn2)c1. The molecule has 2 nitrogen and oxygen atoms in total. The van der Waals surface area contributed by atoms with Gasteiger partial charge in [0.25, 0.3) is 0 Å². The van der Waals surface area contributed by atoms with Gasteiger partial charge >= 0.3 is 6.18 Å². The summed E-state index contributed by atoms with van der Waals surface area (Å²) in [5.41, 5.74) is 0.291. The number of nitrogens with zero attached hydrogens (tertiary/aromatic N) is 1. The number of thioether (sulfide) groups is 1. The van der Waals surface area contributed by atoms with Crippen molar-refractivity contribution in [3.05, 3.63) is 53.7 Å². The third kappa shape index (κ3) is 3.90. The summed E-state index contributed by atoms with van der Waals surface area (Å²) in [5.74, 6) is 1.37. The third-order valence-corrected chi connectivity index (χ3v) is 3.60. The molecule has 0 fully saturated rings. The Morgan fingerprint density at radius 1 is 1.20 bits per heavy atom. The van der Waals surface area contributed by atoms with Crippen LogP contribution < -0.4 is 4.74 Å². The molecule has 0 atom stereocenters. The molecule has 1 aromatic heterocycles. The summed E-state index contributed by atoms with van der Waals surface area (Å²) in [6.07, 6.45) is -3.49. The van der Waals surface area contributed by atoms with E-state index in [1.54, 1.807) is 7.11 Å². The van der Waals surface area contributed by atoms with Crippen LogP contribution >= 0.6 is 11.8 Å². The maximum Gasteiger partial charge on any atom is 0.417 e. The number of rotatable bonds is 4. The van der Waals surface area contributed by atoms with Gasteiger partial charge in [-0.1, -0.05) is 12.1 Å². The van der Waals surface area contributed by atoms with Crippen molar-refractivity contribution in [3.63, 3.8) is 0 Å². The Morgan fingerprint density at radius 3 is 2.60 bits per heavy atom. The van der Waals surface area contributed by atoms with Gasteiger partial charge in [0.15, 0.2) is 0 Å². The van der Waals surface area contributed by atoms with E-state index in [-0.39, 0.29) is 0 Å². The van der Waals surface area contributed by atoms with Gasteiger partial charge in [0.1, 0.15) is 5.75 Å². The number of benzene rings is 1. The highest BCUT2D eigenvalue weighted by molar-refractivity contribution is 7.98. The van der Waals surface area contributed by atoms with Crippen LogP contribution in [-0.4, -0.2) is 12.1 Å².